The average Bonchev–Trinajstić information content (AvgIpc) is 3.24. The van der Waals surface area contributed by atoms with E-state index in [-0.39, 0.29) is 23.3 Å². The van der Waals surface area contributed by atoms with Crippen LogP contribution in [0.3, 0.4) is 0 Å². The number of rotatable bonds is 6. The molecule has 0 atom stereocenters. The molecule has 1 aromatic carbocycles. The monoisotopic (exact) mass is 375 g/mol. The Balaban J connectivity index is 1.69. The standard InChI is InChI=1S/C19H25N3O3S/c1-14-13-15(2)22(21-14)18-10-6-5-9-17(18)20-19(23)11-12-26(24,25)16-7-3-4-8-16/h5-6,9-10,13,16H,3-4,7-8,11-12H2,1-2H3,(H,20,23). The molecule has 1 aromatic heterocycles. The van der Waals surface area contributed by atoms with Crippen molar-refractivity contribution in [3.05, 3.63) is 41.7 Å². The molecule has 0 saturated heterocycles. The number of benzene rings is 1. The Hall–Kier alpha value is -2.15. The number of sulfone groups is 1. The largest absolute Gasteiger partial charge is 0.324 e. The van der Waals surface area contributed by atoms with Crippen LogP contribution in [0.15, 0.2) is 30.3 Å². The summed E-state index contributed by atoms with van der Waals surface area (Å²) in [7, 11) is -3.19. The fraction of sp³-hybridized carbons (Fsp3) is 0.474. The van der Waals surface area contributed by atoms with E-state index >= 15 is 0 Å². The molecule has 0 spiro atoms. The zero-order chi connectivity index (χ0) is 18.7. The van der Waals surface area contributed by atoms with E-state index in [0.29, 0.717) is 5.69 Å². The molecule has 1 N–H and O–H groups in total. The van der Waals surface area contributed by atoms with Gasteiger partial charge in [0.2, 0.25) is 5.91 Å². The highest BCUT2D eigenvalue weighted by Crippen LogP contribution is 2.26. The Labute approximate surface area is 154 Å². The molecule has 140 valence electrons. The van der Waals surface area contributed by atoms with E-state index in [9.17, 15) is 13.2 Å². The fourth-order valence-corrected chi connectivity index (χ4v) is 5.35. The number of para-hydroxylation sites is 2. The van der Waals surface area contributed by atoms with Crippen LogP contribution in [0.1, 0.15) is 43.5 Å². The summed E-state index contributed by atoms with van der Waals surface area (Å²) in [5.41, 5.74) is 3.26. The van der Waals surface area contributed by atoms with E-state index in [0.717, 1.165) is 42.8 Å². The molecule has 0 radical (unpaired) electrons. The molecule has 1 saturated carbocycles. The number of anilines is 1. The fourth-order valence-electron chi connectivity index (χ4n) is 3.50. The second kappa shape index (κ2) is 7.61. The maximum atomic E-state index is 12.3. The molecular weight excluding hydrogens is 350 g/mol. The molecule has 1 aliphatic rings. The zero-order valence-electron chi connectivity index (χ0n) is 15.2. The molecule has 1 fully saturated rings. The molecule has 3 rings (SSSR count). The van der Waals surface area contributed by atoms with Crippen molar-refractivity contribution in [3.8, 4) is 5.69 Å². The smallest absolute Gasteiger partial charge is 0.225 e. The third-order valence-electron chi connectivity index (χ3n) is 4.84. The number of aryl methyl sites for hydroxylation is 2. The van der Waals surface area contributed by atoms with Crippen LogP contribution in [0.5, 0.6) is 0 Å². The van der Waals surface area contributed by atoms with E-state index in [4.69, 9.17) is 0 Å². The number of nitrogens with zero attached hydrogens (tertiary/aromatic N) is 2. The van der Waals surface area contributed by atoms with Gasteiger partial charge in [0.25, 0.3) is 0 Å². The molecule has 1 amide bonds. The van der Waals surface area contributed by atoms with E-state index in [2.05, 4.69) is 10.4 Å². The molecular formula is C19H25N3O3S. The average molecular weight is 375 g/mol. The number of carbonyl (C=O) groups excluding carboxylic acids is 1. The first-order chi connectivity index (χ1) is 12.4. The number of hydrogen-bond acceptors (Lipinski definition) is 4. The van der Waals surface area contributed by atoms with Gasteiger partial charge in [-0.25, -0.2) is 13.1 Å². The quantitative estimate of drug-likeness (QED) is 0.841. The molecule has 0 bridgehead atoms. The lowest BCUT2D eigenvalue weighted by Gasteiger charge is -2.13. The van der Waals surface area contributed by atoms with Crippen molar-refractivity contribution in [2.45, 2.75) is 51.2 Å². The normalized spacial score (nSPS) is 15.3. The molecule has 0 unspecified atom stereocenters. The third kappa shape index (κ3) is 4.15. The molecule has 1 heterocycles. The number of hydrogen-bond donors (Lipinski definition) is 1. The van der Waals surface area contributed by atoms with Gasteiger partial charge >= 0.3 is 0 Å². The van der Waals surface area contributed by atoms with Gasteiger partial charge < -0.3 is 5.32 Å². The van der Waals surface area contributed by atoms with Crippen molar-refractivity contribution in [1.82, 2.24) is 9.78 Å². The van der Waals surface area contributed by atoms with Crippen LogP contribution >= 0.6 is 0 Å². The Morgan fingerprint density at radius 3 is 2.58 bits per heavy atom. The summed E-state index contributed by atoms with van der Waals surface area (Å²) in [6.07, 6.45) is 3.36. The van der Waals surface area contributed by atoms with E-state index in [1.807, 2.05) is 38.1 Å². The lowest BCUT2D eigenvalue weighted by atomic mass is 10.2. The molecule has 1 aliphatic carbocycles. The zero-order valence-corrected chi connectivity index (χ0v) is 16.1. The van der Waals surface area contributed by atoms with Crippen molar-refractivity contribution in [2.75, 3.05) is 11.1 Å². The molecule has 26 heavy (non-hydrogen) atoms. The topological polar surface area (TPSA) is 81.1 Å². The van der Waals surface area contributed by atoms with Gasteiger partial charge in [-0.1, -0.05) is 25.0 Å². The lowest BCUT2D eigenvalue weighted by molar-refractivity contribution is -0.115. The van der Waals surface area contributed by atoms with Gasteiger partial charge in [0, 0.05) is 12.1 Å². The Bertz CT molecular complexity index is 897. The third-order valence-corrected chi connectivity index (χ3v) is 7.10. The minimum absolute atomic E-state index is 0.0235. The van der Waals surface area contributed by atoms with Gasteiger partial charge in [-0.15, -0.1) is 0 Å². The van der Waals surface area contributed by atoms with Crippen LogP contribution < -0.4 is 5.32 Å². The lowest BCUT2D eigenvalue weighted by Crippen LogP contribution is -2.24. The molecule has 0 aliphatic heterocycles. The predicted octanol–water partition coefficient (Wildman–Crippen LogP) is 3.18. The predicted molar refractivity (Wildman–Crippen MR) is 102 cm³/mol. The van der Waals surface area contributed by atoms with Crippen LogP contribution in [0.2, 0.25) is 0 Å². The minimum Gasteiger partial charge on any atom is -0.324 e. The summed E-state index contributed by atoms with van der Waals surface area (Å²) >= 11 is 0. The molecule has 7 heteroatoms. The van der Waals surface area contributed by atoms with Crippen LogP contribution in [0.4, 0.5) is 5.69 Å². The van der Waals surface area contributed by atoms with E-state index in [1.54, 1.807) is 10.7 Å². The Morgan fingerprint density at radius 2 is 1.92 bits per heavy atom. The first kappa shape index (κ1) is 18.6. The van der Waals surface area contributed by atoms with Gasteiger partial charge in [-0.05, 0) is 44.9 Å². The second-order valence-electron chi connectivity index (χ2n) is 6.93. The summed E-state index contributed by atoms with van der Waals surface area (Å²) in [4.78, 5) is 12.3. The summed E-state index contributed by atoms with van der Waals surface area (Å²) in [5.74, 6) is -0.383. The summed E-state index contributed by atoms with van der Waals surface area (Å²) in [6, 6.07) is 9.36. The SMILES string of the molecule is Cc1cc(C)n(-c2ccccc2NC(=O)CCS(=O)(=O)C2CCCC2)n1. The highest BCUT2D eigenvalue weighted by Gasteiger charge is 2.28. The Kier molecular flexibility index (Phi) is 5.46. The van der Waals surface area contributed by atoms with Crippen molar-refractivity contribution in [3.63, 3.8) is 0 Å². The van der Waals surface area contributed by atoms with Gasteiger partial charge in [0.05, 0.1) is 28.1 Å². The second-order valence-corrected chi connectivity index (χ2v) is 9.33. The number of carbonyl (C=O) groups is 1. The van der Waals surface area contributed by atoms with E-state index < -0.39 is 9.84 Å². The van der Waals surface area contributed by atoms with Crippen molar-refractivity contribution < 1.29 is 13.2 Å². The van der Waals surface area contributed by atoms with Crippen molar-refractivity contribution in [2.24, 2.45) is 0 Å². The maximum absolute atomic E-state index is 12.3. The molecule has 2 aromatic rings. The summed E-state index contributed by atoms with van der Waals surface area (Å²) in [6.45, 7) is 3.87. The van der Waals surface area contributed by atoms with Crippen LogP contribution in [-0.2, 0) is 14.6 Å². The number of amides is 1. The van der Waals surface area contributed by atoms with Crippen molar-refractivity contribution in [1.29, 1.82) is 0 Å². The Morgan fingerprint density at radius 1 is 1.23 bits per heavy atom. The first-order valence-electron chi connectivity index (χ1n) is 9.01. The highest BCUT2D eigenvalue weighted by molar-refractivity contribution is 7.92. The van der Waals surface area contributed by atoms with Gasteiger partial charge in [0.15, 0.2) is 9.84 Å². The highest BCUT2D eigenvalue weighted by atomic mass is 32.2. The van der Waals surface area contributed by atoms with E-state index in [1.165, 1.54) is 0 Å². The summed E-state index contributed by atoms with van der Waals surface area (Å²) in [5, 5.41) is 7.03. The van der Waals surface area contributed by atoms with Gasteiger partial charge in [-0.3, -0.25) is 4.79 Å². The van der Waals surface area contributed by atoms with Crippen LogP contribution in [0, 0.1) is 13.8 Å². The molecule has 6 nitrogen and oxygen atoms in total. The first-order valence-corrected chi connectivity index (χ1v) is 10.7. The summed E-state index contributed by atoms with van der Waals surface area (Å²) < 4.78 is 26.4. The van der Waals surface area contributed by atoms with Crippen LogP contribution in [-0.4, -0.2) is 35.1 Å². The van der Waals surface area contributed by atoms with Crippen LogP contribution in [0.25, 0.3) is 5.69 Å². The van der Waals surface area contributed by atoms with Gasteiger partial charge in [0.1, 0.15) is 0 Å². The minimum atomic E-state index is -3.19. The van der Waals surface area contributed by atoms with Crippen molar-refractivity contribution >= 4 is 21.4 Å². The maximum Gasteiger partial charge on any atom is 0.225 e. The van der Waals surface area contributed by atoms with Gasteiger partial charge in [-0.2, -0.15) is 5.10 Å². The number of nitrogens with one attached hydrogen (secondary N) is 1. The number of aromatic nitrogens is 2.